The summed E-state index contributed by atoms with van der Waals surface area (Å²) in [6.45, 7) is 0. The van der Waals surface area contributed by atoms with Gasteiger partial charge in [-0.2, -0.15) is 0 Å². The Morgan fingerprint density at radius 2 is 1.83 bits per heavy atom. The van der Waals surface area contributed by atoms with Gasteiger partial charge in [-0.15, -0.1) is 0 Å². The molecule has 3 aliphatic rings. The number of hydrogen-bond donors (Lipinski definition) is 0. The lowest BCUT2D eigenvalue weighted by molar-refractivity contribution is 0.443. The molecule has 1 aromatic carbocycles. The van der Waals surface area contributed by atoms with Crippen LogP contribution in [0.3, 0.4) is 0 Å². The Morgan fingerprint density at radius 3 is 2.72 bits per heavy atom. The van der Waals surface area contributed by atoms with Crippen LogP contribution in [0.25, 0.3) is 5.57 Å². The summed E-state index contributed by atoms with van der Waals surface area (Å²) < 4.78 is 0. The SMILES string of the molecule is c1cc2c(c(C3CCCCC3)c1)C1=C(CCC1)[N]2. The average molecular weight is 238 g/mol. The summed E-state index contributed by atoms with van der Waals surface area (Å²) in [6, 6.07) is 6.80. The maximum atomic E-state index is 4.85. The van der Waals surface area contributed by atoms with E-state index in [9.17, 15) is 0 Å². The molecule has 1 aromatic rings. The highest BCUT2D eigenvalue weighted by molar-refractivity contribution is 5.85. The van der Waals surface area contributed by atoms with E-state index in [4.69, 9.17) is 5.32 Å². The minimum atomic E-state index is 0.802. The standard InChI is InChI=1S/C17H20N/c1-2-6-12(7-3-1)13-8-4-11-16-17(13)14-9-5-10-15(14)18-16/h4,8,11-12H,1-3,5-7,9-10H2. The van der Waals surface area contributed by atoms with Crippen LogP contribution < -0.4 is 5.32 Å². The number of fused-ring (bicyclic) bond motifs is 2. The second kappa shape index (κ2) is 4.15. The van der Waals surface area contributed by atoms with Crippen LogP contribution in [-0.4, -0.2) is 0 Å². The first-order valence-electron chi connectivity index (χ1n) is 7.50. The van der Waals surface area contributed by atoms with Crippen molar-refractivity contribution in [3.05, 3.63) is 35.0 Å². The molecule has 1 heteroatoms. The van der Waals surface area contributed by atoms with Crippen LogP contribution in [0.1, 0.15) is 68.4 Å². The first kappa shape index (κ1) is 10.7. The van der Waals surface area contributed by atoms with E-state index in [2.05, 4.69) is 18.2 Å². The molecule has 2 aliphatic carbocycles. The lowest BCUT2D eigenvalue weighted by Crippen LogP contribution is -2.07. The monoisotopic (exact) mass is 238 g/mol. The summed E-state index contributed by atoms with van der Waals surface area (Å²) in [5.74, 6) is 0.802. The van der Waals surface area contributed by atoms with E-state index in [1.54, 1.807) is 11.1 Å². The molecular formula is C17H20N. The Balaban J connectivity index is 1.78. The fourth-order valence-corrected chi connectivity index (χ4v) is 4.00. The fraction of sp³-hybridized carbons (Fsp3) is 0.529. The van der Waals surface area contributed by atoms with Gasteiger partial charge in [0.05, 0.1) is 5.69 Å². The van der Waals surface area contributed by atoms with Crippen LogP contribution >= 0.6 is 0 Å². The lowest BCUT2D eigenvalue weighted by atomic mass is 9.80. The van der Waals surface area contributed by atoms with Gasteiger partial charge in [0.1, 0.15) is 0 Å². The van der Waals surface area contributed by atoms with Gasteiger partial charge >= 0.3 is 0 Å². The molecule has 0 atom stereocenters. The van der Waals surface area contributed by atoms with Crippen LogP contribution in [0.2, 0.25) is 0 Å². The molecule has 1 radical (unpaired) electrons. The zero-order valence-electron chi connectivity index (χ0n) is 10.9. The smallest absolute Gasteiger partial charge is 0.0711 e. The molecule has 18 heavy (non-hydrogen) atoms. The van der Waals surface area contributed by atoms with Crippen molar-refractivity contribution in [2.75, 3.05) is 0 Å². The van der Waals surface area contributed by atoms with Gasteiger partial charge in [-0.1, -0.05) is 31.4 Å². The first-order chi connectivity index (χ1) is 8.93. The Bertz CT molecular complexity index is 506. The Morgan fingerprint density at radius 1 is 0.944 bits per heavy atom. The average Bonchev–Trinajstić information content (AvgIpc) is 2.99. The highest BCUT2D eigenvalue weighted by Gasteiger charge is 2.30. The predicted octanol–water partition coefficient (Wildman–Crippen LogP) is 4.88. The predicted molar refractivity (Wildman–Crippen MR) is 74.8 cm³/mol. The van der Waals surface area contributed by atoms with Crippen molar-refractivity contribution in [3.63, 3.8) is 0 Å². The molecule has 4 rings (SSSR count). The maximum Gasteiger partial charge on any atom is 0.0711 e. The molecule has 0 amide bonds. The molecule has 1 heterocycles. The molecule has 1 nitrogen and oxygen atoms in total. The van der Waals surface area contributed by atoms with Crippen LogP contribution in [0, 0.1) is 0 Å². The van der Waals surface area contributed by atoms with E-state index >= 15 is 0 Å². The van der Waals surface area contributed by atoms with Crippen molar-refractivity contribution in [1.29, 1.82) is 0 Å². The lowest BCUT2D eigenvalue weighted by Gasteiger charge is -2.24. The molecule has 0 aromatic heterocycles. The van der Waals surface area contributed by atoms with Crippen molar-refractivity contribution in [2.45, 2.75) is 57.3 Å². The topological polar surface area (TPSA) is 14.1 Å². The van der Waals surface area contributed by atoms with E-state index < -0.39 is 0 Å². The molecule has 0 N–H and O–H groups in total. The van der Waals surface area contributed by atoms with Gasteiger partial charge in [-0.05, 0) is 55.2 Å². The normalized spacial score (nSPS) is 22.9. The van der Waals surface area contributed by atoms with Gasteiger partial charge in [0.25, 0.3) is 0 Å². The molecule has 1 saturated carbocycles. The van der Waals surface area contributed by atoms with E-state index in [-0.39, 0.29) is 0 Å². The summed E-state index contributed by atoms with van der Waals surface area (Å²) in [6.07, 6.45) is 10.8. The Kier molecular flexibility index (Phi) is 2.46. The summed E-state index contributed by atoms with van der Waals surface area (Å²) in [7, 11) is 0. The summed E-state index contributed by atoms with van der Waals surface area (Å²) in [5, 5.41) is 4.85. The van der Waals surface area contributed by atoms with Crippen molar-refractivity contribution >= 4 is 11.3 Å². The van der Waals surface area contributed by atoms with Crippen LogP contribution in [0.4, 0.5) is 5.69 Å². The molecule has 0 saturated heterocycles. The number of hydrogen-bond acceptors (Lipinski definition) is 0. The van der Waals surface area contributed by atoms with E-state index in [0.717, 1.165) is 5.92 Å². The zero-order valence-corrected chi connectivity index (χ0v) is 10.9. The number of allylic oxidation sites excluding steroid dienone is 2. The summed E-state index contributed by atoms with van der Waals surface area (Å²) >= 11 is 0. The van der Waals surface area contributed by atoms with Gasteiger partial charge in [0.15, 0.2) is 0 Å². The largest absolute Gasteiger partial charge is 0.253 e. The van der Waals surface area contributed by atoms with E-state index in [0.29, 0.717) is 0 Å². The number of benzene rings is 1. The third kappa shape index (κ3) is 1.53. The fourth-order valence-electron chi connectivity index (χ4n) is 4.00. The van der Waals surface area contributed by atoms with Gasteiger partial charge in [-0.25, -0.2) is 0 Å². The Labute approximate surface area is 109 Å². The Hall–Kier alpha value is -1.24. The van der Waals surface area contributed by atoms with Crippen molar-refractivity contribution in [1.82, 2.24) is 5.32 Å². The molecule has 0 unspecified atom stereocenters. The van der Waals surface area contributed by atoms with E-state index in [1.807, 2.05) is 0 Å². The molecule has 0 spiro atoms. The molecule has 0 bridgehead atoms. The first-order valence-corrected chi connectivity index (χ1v) is 7.50. The number of nitrogens with zero attached hydrogens (tertiary/aromatic N) is 1. The van der Waals surface area contributed by atoms with Crippen molar-refractivity contribution < 1.29 is 0 Å². The summed E-state index contributed by atoms with van der Waals surface area (Å²) in [4.78, 5) is 0. The van der Waals surface area contributed by atoms with Gasteiger partial charge in [0, 0.05) is 11.3 Å². The van der Waals surface area contributed by atoms with Crippen LogP contribution in [0.5, 0.6) is 0 Å². The van der Waals surface area contributed by atoms with Crippen molar-refractivity contribution in [2.24, 2.45) is 0 Å². The van der Waals surface area contributed by atoms with Gasteiger partial charge in [-0.3, -0.25) is 5.32 Å². The second-order valence-corrected chi connectivity index (χ2v) is 5.97. The highest BCUT2D eigenvalue weighted by Crippen LogP contribution is 2.48. The minimum Gasteiger partial charge on any atom is -0.253 e. The highest BCUT2D eigenvalue weighted by atomic mass is 14.9. The van der Waals surface area contributed by atoms with Crippen molar-refractivity contribution in [3.8, 4) is 0 Å². The maximum absolute atomic E-state index is 4.85. The van der Waals surface area contributed by atoms with Gasteiger partial charge < -0.3 is 0 Å². The number of rotatable bonds is 1. The third-order valence-electron chi connectivity index (χ3n) is 4.87. The van der Waals surface area contributed by atoms with Crippen LogP contribution in [0.15, 0.2) is 23.9 Å². The molecular weight excluding hydrogens is 218 g/mol. The minimum absolute atomic E-state index is 0.802. The van der Waals surface area contributed by atoms with Crippen LogP contribution in [-0.2, 0) is 0 Å². The summed E-state index contributed by atoms with van der Waals surface area (Å²) in [5.41, 5.74) is 7.40. The molecule has 1 fully saturated rings. The van der Waals surface area contributed by atoms with Gasteiger partial charge in [0.2, 0.25) is 0 Å². The quantitative estimate of drug-likeness (QED) is 0.662. The third-order valence-corrected chi connectivity index (χ3v) is 4.87. The molecule has 1 aliphatic heterocycles. The van der Waals surface area contributed by atoms with E-state index in [1.165, 1.54) is 68.3 Å². The zero-order chi connectivity index (χ0) is 11.9. The molecule has 93 valence electrons. The second-order valence-electron chi connectivity index (χ2n) is 5.97.